The molecule has 5 nitrogen and oxygen atoms in total. The number of benzene rings is 1. The highest BCUT2D eigenvalue weighted by Crippen LogP contribution is 2.25. The van der Waals surface area contributed by atoms with Gasteiger partial charge in [0.15, 0.2) is 0 Å². The summed E-state index contributed by atoms with van der Waals surface area (Å²) < 4.78 is 0. The fourth-order valence-corrected chi connectivity index (χ4v) is 3.20. The molecule has 0 aliphatic carbocycles. The molecule has 1 fully saturated rings. The van der Waals surface area contributed by atoms with Crippen LogP contribution in [0.3, 0.4) is 0 Å². The van der Waals surface area contributed by atoms with E-state index in [1.54, 1.807) is 12.1 Å². The molecule has 1 aliphatic rings. The molecule has 1 heterocycles. The third-order valence-corrected chi connectivity index (χ3v) is 4.56. The van der Waals surface area contributed by atoms with Crippen molar-refractivity contribution in [1.29, 1.82) is 0 Å². The summed E-state index contributed by atoms with van der Waals surface area (Å²) in [5, 5.41) is 9.14. The van der Waals surface area contributed by atoms with Crippen LogP contribution in [-0.2, 0) is 4.79 Å². The van der Waals surface area contributed by atoms with E-state index in [9.17, 15) is 9.59 Å². The van der Waals surface area contributed by atoms with Crippen LogP contribution < -0.4 is 16.0 Å². The number of nitrogens with one attached hydrogen (secondary N) is 3. The monoisotopic (exact) mass is 331 g/mol. The standard InChI is InChI=1S/C19H29N3O2/c1-13(2)21-19(24)16-6-4-5-7-17(16)22-18(23)12-14(3)15-8-10-20-11-9-15/h4-7,13-15,20H,8-12H2,1-3H3,(H,21,24)(H,22,23). The van der Waals surface area contributed by atoms with E-state index in [0.717, 1.165) is 25.9 Å². The lowest BCUT2D eigenvalue weighted by Gasteiger charge is -2.28. The lowest BCUT2D eigenvalue weighted by Crippen LogP contribution is -2.32. The fourth-order valence-electron chi connectivity index (χ4n) is 3.20. The number of hydrogen-bond acceptors (Lipinski definition) is 3. The Morgan fingerprint density at radius 3 is 2.50 bits per heavy atom. The van der Waals surface area contributed by atoms with Crippen LogP contribution in [-0.4, -0.2) is 30.9 Å². The molecule has 132 valence electrons. The van der Waals surface area contributed by atoms with Crippen LogP contribution in [0.4, 0.5) is 5.69 Å². The molecule has 2 amide bonds. The maximum atomic E-state index is 12.4. The molecule has 0 bridgehead atoms. The number of amides is 2. The van der Waals surface area contributed by atoms with Gasteiger partial charge in [-0.05, 0) is 63.7 Å². The molecule has 0 aromatic heterocycles. The Bertz CT molecular complexity index is 565. The number of anilines is 1. The van der Waals surface area contributed by atoms with E-state index in [1.807, 2.05) is 26.0 Å². The largest absolute Gasteiger partial charge is 0.350 e. The van der Waals surface area contributed by atoms with E-state index < -0.39 is 0 Å². The van der Waals surface area contributed by atoms with Gasteiger partial charge in [-0.3, -0.25) is 9.59 Å². The van der Waals surface area contributed by atoms with Crippen LogP contribution >= 0.6 is 0 Å². The third kappa shape index (κ3) is 5.34. The predicted molar refractivity (Wildman–Crippen MR) is 97.0 cm³/mol. The first kappa shape index (κ1) is 18.5. The number of carbonyl (C=O) groups is 2. The molecule has 5 heteroatoms. The second-order valence-electron chi connectivity index (χ2n) is 6.99. The minimum Gasteiger partial charge on any atom is -0.350 e. The highest BCUT2D eigenvalue weighted by atomic mass is 16.2. The Morgan fingerprint density at radius 2 is 1.83 bits per heavy atom. The van der Waals surface area contributed by atoms with E-state index in [4.69, 9.17) is 0 Å². The summed E-state index contributed by atoms with van der Waals surface area (Å²) in [5.74, 6) is 0.762. The van der Waals surface area contributed by atoms with Gasteiger partial charge in [-0.15, -0.1) is 0 Å². The Labute approximate surface area is 144 Å². The van der Waals surface area contributed by atoms with Gasteiger partial charge in [0, 0.05) is 12.5 Å². The average Bonchev–Trinajstić information content (AvgIpc) is 2.55. The molecular formula is C19H29N3O2. The van der Waals surface area contributed by atoms with Gasteiger partial charge in [-0.25, -0.2) is 0 Å². The van der Waals surface area contributed by atoms with E-state index in [1.165, 1.54) is 0 Å². The van der Waals surface area contributed by atoms with Crippen LogP contribution in [0.1, 0.15) is 50.4 Å². The van der Waals surface area contributed by atoms with Gasteiger partial charge in [0.1, 0.15) is 0 Å². The summed E-state index contributed by atoms with van der Waals surface area (Å²) >= 11 is 0. The Balaban J connectivity index is 1.97. The molecule has 24 heavy (non-hydrogen) atoms. The lowest BCUT2D eigenvalue weighted by molar-refractivity contribution is -0.117. The second-order valence-corrected chi connectivity index (χ2v) is 6.99. The number of hydrogen-bond donors (Lipinski definition) is 3. The highest BCUT2D eigenvalue weighted by Gasteiger charge is 2.22. The van der Waals surface area contributed by atoms with Gasteiger partial charge in [0.25, 0.3) is 5.91 Å². The van der Waals surface area contributed by atoms with Crippen molar-refractivity contribution in [1.82, 2.24) is 10.6 Å². The zero-order valence-electron chi connectivity index (χ0n) is 14.9. The van der Waals surface area contributed by atoms with Crippen molar-refractivity contribution in [3.63, 3.8) is 0 Å². The number of para-hydroxylation sites is 1. The number of rotatable bonds is 6. The smallest absolute Gasteiger partial charge is 0.253 e. The summed E-state index contributed by atoms with van der Waals surface area (Å²) in [6, 6.07) is 7.22. The topological polar surface area (TPSA) is 70.2 Å². The van der Waals surface area contributed by atoms with Crippen molar-refractivity contribution in [2.45, 2.75) is 46.1 Å². The van der Waals surface area contributed by atoms with Crippen molar-refractivity contribution >= 4 is 17.5 Å². The van der Waals surface area contributed by atoms with Crippen molar-refractivity contribution in [3.8, 4) is 0 Å². The maximum absolute atomic E-state index is 12.4. The summed E-state index contributed by atoms with van der Waals surface area (Å²) in [6.45, 7) is 8.05. The predicted octanol–water partition coefficient (Wildman–Crippen LogP) is 2.79. The molecule has 0 radical (unpaired) electrons. The Morgan fingerprint density at radius 1 is 1.17 bits per heavy atom. The zero-order chi connectivity index (χ0) is 17.5. The molecule has 1 aliphatic heterocycles. The Hall–Kier alpha value is -1.88. The number of carbonyl (C=O) groups excluding carboxylic acids is 2. The minimum absolute atomic E-state index is 0.0224. The van der Waals surface area contributed by atoms with Gasteiger partial charge in [0.2, 0.25) is 5.91 Å². The van der Waals surface area contributed by atoms with Gasteiger partial charge >= 0.3 is 0 Å². The van der Waals surface area contributed by atoms with Crippen LogP contribution in [0.5, 0.6) is 0 Å². The van der Waals surface area contributed by atoms with Gasteiger partial charge in [-0.2, -0.15) is 0 Å². The van der Waals surface area contributed by atoms with Crippen molar-refractivity contribution in [2.24, 2.45) is 11.8 Å². The average molecular weight is 331 g/mol. The van der Waals surface area contributed by atoms with Crippen LogP contribution in [0, 0.1) is 11.8 Å². The molecule has 0 saturated carbocycles. The summed E-state index contributed by atoms with van der Waals surface area (Å²) in [6.07, 6.45) is 2.74. The first-order chi connectivity index (χ1) is 11.5. The normalized spacial score (nSPS) is 16.7. The lowest BCUT2D eigenvalue weighted by atomic mass is 9.84. The van der Waals surface area contributed by atoms with Crippen LogP contribution in [0.15, 0.2) is 24.3 Å². The molecule has 2 rings (SSSR count). The molecular weight excluding hydrogens is 302 g/mol. The van der Waals surface area contributed by atoms with Gasteiger partial charge < -0.3 is 16.0 Å². The third-order valence-electron chi connectivity index (χ3n) is 4.56. The minimum atomic E-state index is -0.160. The molecule has 1 aromatic carbocycles. The van der Waals surface area contributed by atoms with Crippen molar-refractivity contribution in [3.05, 3.63) is 29.8 Å². The first-order valence-corrected chi connectivity index (χ1v) is 8.88. The first-order valence-electron chi connectivity index (χ1n) is 8.88. The van der Waals surface area contributed by atoms with E-state index in [0.29, 0.717) is 29.5 Å². The van der Waals surface area contributed by atoms with Crippen molar-refractivity contribution < 1.29 is 9.59 Å². The van der Waals surface area contributed by atoms with Gasteiger partial charge in [-0.1, -0.05) is 19.1 Å². The maximum Gasteiger partial charge on any atom is 0.253 e. The summed E-state index contributed by atoms with van der Waals surface area (Å²) in [4.78, 5) is 24.7. The van der Waals surface area contributed by atoms with E-state index in [-0.39, 0.29) is 17.9 Å². The highest BCUT2D eigenvalue weighted by molar-refractivity contribution is 6.03. The zero-order valence-corrected chi connectivity index (χ0v) is 14.9. The second kappa shape index (κ2) is 8.83. The molecule has 1 atom stereocenters. The SMILES string of the molecule is CC(C)NC(=O)c1ccccc1NC(=O)CC(C)C1CCNCC1. The van der Waals surface area contributed by atoms with Crippen molar-refractivity contribution in [2.75, 3.05) is 18.4 Å². The fraction of sp³-hybridized carbons (Fsp3) is 0.579. The number of piperidine rings is 1. The summed E-state index contributed by atoms with van der Waals surface area (Å²) in [5.41, 5.74) is 1.09. The molecule has 1 unspecified atom stereocenters. The van der Waals surface area contributed by atoms with Gasteiger partial charge in [0.05, 0.1) is 11.3 Å². The summed E-state index contributed by atoms with van der Waals surface area (Å²) in [7, 11) is 0. The molecule has 0 spiro atoms. The molecule has 1 saturated heterocycles. The molecule has 1 aromatic rings. The van der Waals surface area contributed by atoms with Crippen LogP contribution in [0.25, 0.3) is 0 Å². The molecule has 3 N–H and O–H groups in total. The Kier molecular flexibility index (Phi) is 6.79. The quantitative estimate of drug-likeness (QED) is 0.751. The van der Waals surface area contributed by atoms with E-state index >= 15 is 0 Å². The van der Waals surface area contributed by atoms with Crippen LogP contribution in [0.2, 0.25) is 0 Å². The van der Waals surface area contributed by atoms with E-state index in [2.05, 4.69) is 22.9 Å².